The first kappa shape index (κ1) is 23.1. The molecule has 1 saturated carbocycles. The number of carbonyl (C=O) groups excluding carboxylic acids is 2. The summed E-state index contributed by atoms with van der Waals surface area (Å²) in [6.07, 6.45) is 5.23. The van der Waals surface area contributed by atoms with Gasteiger partial charge in [0, 0.05) is 18.2 Å². The Hall–Kier alpha value is -2.60. The summed E-state index contributed by atoms with van der Waals surface area (Å²) in [5, 5.41) is 3.44. The van der Waals surface area contributed by atoms with Crippen LogP contribution in [-0.4, -0.2) is 35.4 Å². The maximum atomic E-state index is 14.3. The maximum Gasteiger partial charge on any atom is 0.261 e. The summed E-state index contributed by atoms with van der Waals surface area (Å²) < 4.78 is 19.8. The summed E-state index contributed by atoms with van der Waals surface area (Å²) in [5.41, 5.74) is 0.339. The average Bonchev–Trinajstić information content (AvgIpc) is 2.78. The molecule has 0 saturated heterocycles. The lowest BCUT2D eigenvalue weighted by Gasteiger charge is -2.31. The molecule has 2 aromatic carbocycles. The van der Waals surface area contributed by atoms with E-state index in [-0.39, 0.29) is 25.1 Å². The first-order chi connectivity index (χ1) is 15.0. The molecule has 7 heteroatoms. The Morgan fingerprint density at radius 1 is 1.13 bits per heavy atom. The van der Waals surface area contributed by atoms with E-state index >= 15 is 0 Å². The second-order valence-electron chi connectivity index (χ2n) is 7.85. The zero-order valence-electron chi connectivity index (χ0n) is 17.7. The van der Waals surface area contributed by atoms with Gasteiger partial charge < -0.3 is 15.0 Å². The van der Waals surface area contributed by atoms with Gasteiger partial charge in [-0.15, -0.1) is 0 Å². The second-order valence-corrected chi connectivity index (χ2v) is 8.26. The topological polar surface area (TPSA) is 58.6 Å². The normalized spacial score (nSPS) is 15.2. The number of halogens is 2. The minimum Gasteiger partial charge on any atom is -0.482 e. The third-order valence-corrected chi connectivity index (χ3v) is 5.92. The number of ether oxygens (including phenoxy) is 1. The molecule has 0 aromatic heterocycles. The number of rotatable bonds is 8. The molecule has 1 aliphatic carbocycles. The zero-order chi connectivity index (χ0) is 22.2. The summed E-state index contributed by atoms with van der Waals surface area (Å²) in [5.74, 6) is -0.710. The number of hydrogen-bond acceptors (Lipinski definition) is 3. The van der Waals surface area contributed by atoms with Gasteiger partial charge in [-0.1, -0.05) is 61.2 Å². The fourth-order valence-corrected chi connectivity index (χ4v) is 3.94. The van der Waals surface area contributed by atoms with E-state index in [4.69, 9.17) is 16.3 Å². The van der Waals surface area contributed by atoms with Gasteiger partial charge in [-0.2, -0.15) is 0 Å². The van der Waals surface area contributed by atoms with Crippen LogP contribution in [0, 0.1) is 5.82 Å². The van der Waals surface area contributed by atoms with E-state index in [1.165, 1.54) is 17.4 Å². The molecular weight excluding hydrogens is 419 g/mol. The standard InChI is InChI=1S/C24H28ClFN2O3/c1-17(24(30)27-19-10-3-2-4-11-19)28(15-18-9-5-7-13-21(18)26)23(29)16-31-22-14-8-6-12-20(22)25/h5-9,12-14,17,19H,2-4,10-11,15-16H2,1H3,(H,27,30). The van der Waals surface area contributed by atoms with Crippen molar-refractivity contribution in [3.63, 3.8) is 0 Å². The lowest BCUT2D eigenvalue weighted by Crippen LogP contribution is -2.51. The minimum absolute atomic E-state index is 0.0311. The molecule has 0 bridgehead atoms. The monoisotopic (exact) mass is 446 g/mol. The first-order valence-electron chi connectivity index (χ1n) is 10.7. The Bertz CT molecular complexity index is 902. The van der Waals surface area contributed by atoms with Gasteiger partial charge >= 0.3 is 0 Å². The van der Waals surface area contributed by atoms with Gasteiger partial charge in [0.15, 0.2) is 6.61 Å². The molecule has 1 unspecified atom stereocenters. The largest absolute Gasteiger partial charge is 0.482 e. The third kappa shape index (κ3) is 6.44. The van der Waals surface area contributed by atoms with E-state index in [0.717, 1.165) is 25.7 Å². The van der Waals surface area contributed by atoms with Crippen LogP contribution in [0.15, 0.2) is 48.5 Å². The molecule has 3 rings (SSSR count). The highest BCUT2D eigenvalue weighted by Gasteiger charge is 2.29. The van der Waals surface area contributed by atoms with Crippen molar-refractivity contribution in [1.29, 1.82) is 0 Å². The maximum absolute atomic E-state index is 14.3. The molecule has 0 aliphatic heterocycles. The van der Waals surface area contributed by atoms with Crippen molar-refractivity contribution in [3.8, 4) is 5.75 Å². The van der Waals surface area contributed by atoms with E-state index in [1.807, 2.05) is 0 Å². The van der Waals surface area contributed by atoms with Crippen molar-refractivity contribution < 1.29 is 18.7 Å². The zero-order valence-corrected chi connectivity index (χ0v) is 18.4. The van der Waals surface area contributed by atoms with Crippen LogP contribution in [-0.2, 0) is 16.1 Å². The van der Waals surface area contributed by atoms with Crippen LogP contribution in [0.1, 0.15) is 44.6 Å². The number of para-hydroxylation sites is 1. The van der Waals surface area contributed by atoms with Crippen molar-refractivity contribution in [3.05, 3.63) is 64.9 Å². The number of carbonyl (C=O) groups is 2. The quantitative estimate of drug-likeness (QED) is 0.638. The summed E-state index contributed by atoms with van der Waals surface area (Å²) in [6.45, 7) is 1.32. The molecule has 1 atom stereocenters. The van der Waals surface area contributed by atoms with Crippen molar-refractivity contribution in [2.45, 2.75) is 57.7 Å². The van der Waals surface area contributed by atoms with E-state index < -0.39 is 17.8 Å². The van der Waals surface area contributed by atoms with Gasteiger partial charge in [-0.05, 0) is 38.0 Å². The molecule has 1 N–H and O–H groups in total. The molecule has 1 aliphatic rings. The Labute approximate surface area is 187 Å². The molecule has 0 heterocycles. The summed E-state index contributed by atoms with van der Waals surface area (Å²) in [4.78, 5) is 27.3. The highest BCUT2D eigenvalue weighted by atomic mass is 35.5. The molecular formula is C24H28ClFN2O3. The van der Waals surface area contributed by atoms with Crippen molar-refractivity contribution in [2.75, 3.05) is 6.61 Å². The molecule has 5 nitrogen and oxygen atoms in total. The number of amides is 2. The number of hydrogen-bond donors (Lipinski definition) is 1. The van der Waals surface area contributed by atoms with Gasteiger partial charge in [0.05, 0.1) is 5.02 Å². The van der Waals surface area contributed by atoms with E-state index in [2.05, 4.69) is 5.32 Å². The van der Waals surface area contributed by atoms with Crippen LogP contribution in [0.3, 0.4) is 0 Å². The van der Waals surface area contributed by atoms with Gasteiger partial charge in [-0.25, -0.2) is 4.39 Å². The van der Waals surface area contributed by atoms with Crippen LogP contribution in [0.2, 0.25) is 5.02 Å². The third-order valence-electron chi connectivity index (χ3n) is 5.61. The number of nitrogens with one attached hydrogen (secondary N) is 1. The summed E-state index contributed by atoms with van der Waals surface area (Å²) >= 11 is 6.10. The molecule has 1 fully saturated rings. The minimum atomic E-state index is -0.774. The van der Waals surface area contributed by atoms with Crippen LogP contribution < -0.4 is 10.1 Å². The molecule has 0 spiro atoms. The fourth-order valence-electron chi connectivity index (χ4n) is 3.75. The lowest BCUT2D eigenvalue weighted by molar-refractivity contribution is -0.142. The Balaban J connectivity index is 1.72. The Morgan fingerprint density at radius 2 is 1.81 bits per heavy atom. The SMILES string of the molecule is CC(C(=O)NC1CCCCC1)N(Cc1ccccc1F)C(=O)COc1ccccc1Cl. The van der Waals surface area contributed by atoms with Crippen LogP contribution >= 0.6 is 11.6 Å². The van der Waals surface area contributed by atoms with Gasteiger partial charge in [0.2, 0.25) is 5.91 Å². The van der Waals surface area contributed by atoms with Crippen LogP contribution in [0.5, 0.6) is 5.75 Å². The molecule has 2 aromatic rings. The molecule has 0 radical (unpaired) electrons. The highest BCUT2D eigenvalue weighted by Crippen LogP contribution is 2.23. The van der Waals surface area contributed by atoms with Gasteiger partial charge in [0.1, 0.15) is 17.6 Å². The van der Waals surface area contributed by atoms with Gasteiger partial charge in [-0.3, -0.25) is 9.59 Å². The molecule has 2 amide bonds. The average molecular weight is 447 g/mol. The molecule has 31 heavy (non-hydrogen) atoms. The van der Waals surface area contributed by atoms with Crippen molar-refractivity contribution >= 4 is 23.4 Å². The van der Waals surface area contributed by atoms with Crippen molar-refractivity contribution in [2.24, 2.45) is 0 Å². The van der Waals surface area contributed by atoms with E-state index in [1.54, 1.807) is 49.4 Å². The lowest BCUT2D eigenvalue weighted by atomic mass is 9.95. The van der Waals surface area contributed by atoms with E-state index in [9.17, 15) is 14.0 Å². The van der Waals surface area contributed by atoms with E-state index in [0.29, 0.717) is 16.3 Å². The Morgan fingerprint density at radius 3 is 2.52 bits per heavy atom. The predicted octanol–water partition coefficient (Wildman–Crippen LogP) is 4.72. The smallest absolute Gasteiger partial charge is 0.261 e. The first-order valence-corrected chi connectivity index (χ1v) is 11.0. The van der Waals surface area contributed by atoms with Crippen LogP contribution in [0.4, 0.5) is 4.39 Å². The highest BCUT2D eigenvalue weighted by molar-refractivity contribution is 6.32. The van der Waals surface area contributed by atoms with Crippen LogP contribution in [0.25, 0.3) is 0 Å². The second kappa shape index (κ2) is 11.1. The fraction of sp³-hybridized carbons (Fsp3) is 0.417. The van der Waals surface area contributed by atoms with Crippen molar-refractivity contribution in [1.82, 2.24) is 10.2 Å². The van der Waals surface area contributed by atoms with Gasteiger partial charge in [0.25, 0.3) is 5.91 Å². The summed E-state index contributed by atoms with van der Waals surface area (Å²) in [6, 6.07) is 12.4. The number of nitrogens with zero attached hydrogens (tertiary/aromatic N) is 1. The number of benzene rings is 2. The predicted molar refractivity (Wildman–Crippen MR) is 118 cm³/mol. The molecule has 166 valence electrons. The summed E-state index contributed by atoms with van der Waals surface area (Å²) in [7, 11) is 0. The Kier molecular flexibility index (Phi) is 8.29.